The average molecular weight is 193 g/mol. The van der Waals surface area contributed by atoms with Crippen LogP contribution in [0.4, 0.5) is 5.69 Å². The third kappa shape index (κ3) is 2.16. The van der Waals surface area contributed by atoms with Gasteiger partial charge in [0, 0.05) is 0 Å². The van der Waals surface area contributed by atoms with Crippen molar-refractivity contribution in [1.29, 1.82) is 0 Å². The summed E-state index contributed by atoms with van der Waals surface area (Å²) in [7, 11) is 1.64. The van der Waals surface area contributed by atoms with Gasteiger partial charge in [-0.05, 0) is 37.1 Å². The molecule has 14 heavy (non-hydrogen) atoms. The molecule has 0 unspecified atom stereocenters. The highest BCUT2D eigenvalue weighted by molar-refractivity contribution is 5.79. The molecule has 4 N–H and O–H groups in total. The van der Waals surface area contributed by atoms with E-state index in [1.54, 1.807) is 7.11 Å². The molecule has 4 nitrogen and oxygen atoms in total. The minimum Gasteiger partial charge on any atom is -0.496 e. The lowest BCUT2D eigenvalue weighted by atomic mass is 10.1. The highest BCUT2D eigenvalue weighted by Crippen LogP contribution is 2.27. The van der Waals surface area contributed by atoms with Gasteiger partial charge in [-0.2, -0.15) is 0 Å². The second-order valence-corrected chi connectivity index (χ2v) is 3.14. The van der Waals surface area contributed by atoms with Crippen molar-refractivity contribution in [3.63, 3.8) is 0 Å². The molecule has 0 aliphatic carbocycles. The number of hydrogen-bond donors (Lipinski definition) is 2. The van der Waals surface area contributed by atoms with Crippen LogP contribution < -0.4 is 16.2 Å². The van der Waals surface area contributed by atoms with Gasteiger partial charge in [-0.1, -0.05) is 0 Å². The fraction of sp³-hybridized carbons (Fsp3) is 0.300. The molecule has 0 bridgehead atoms. The van der Waals surface area contributed by atoms with Crippen LogP contribution in [0.15, 0.2) is 17.1 Å². The van der Waals surface area contributed by atoms with Gasteiger partial charge >= 0.3 is 0 Å². The maximum Gasteiger partial charge on any atom is 0.191 e. The van der Waals surface area contributed by atoms with E-state index in [9.17, 15) is 0 Å². The van der Waals surface area contributed by atoms with Gasteiger partial charge in [0.2, 0.25) is 0 Å². The van der Waals surface area contributed by atoms with Gasteiger partial charge < -0.3 is 16.2 Å². The van der Waals surface area contributed by atoms with E-state index in [-0.39, 0.29) is 5.96 Å². The number of guanidine groups is 1. The number of nitrogens with two attached hydrogens (primary N) is 2. The minimum atomic E-state index is 0.0673. The number of aryl methyl sites for hydroxylation is 2. The van der Waals surface area contributed by atoms with Crippen LogP contribution in [0.5, 0.6) is 5.75 Å². The number of ether oxygens (including phenoxy) is 1. The highest BCUT2D eigenvalue weighted by atomic mass is 16.5. The van der Waals surface area contributed by atoms with E-state index < -0.39 is 0 Å². The first-order chi connectivity index (χ1) is 6.54. The van der Waals surface area contributed by atoms with E-state index in [0.717, 1.165) is 22.6 Å². The number of methoxy groups -OCH3 is 1. The molecule has 0 amide bonds. The summed E-state index contributed by atoms with van der Waals surface area (Å²) in [4.78, 5) is 4.01. The van der Waals surface area contributed by atoms with Crippen molar-refractivity contribution < 1.29 is 4.74 Å². The molecule has 0 fully saturated rings. The van der Waals surface area contributed by atoms with Crippen molar-refractivity contribution in [2.45, 2.75) is 13.8 Å². The first kappa shape index (κ1) is 10.4. The van der Waals surface area contributed by atoms with Gasteiger partial charge in [0.15, 0.2) is 5.96 Å². The molecule has 4 heteroatoms. The first-order valence-corrected chi connectivity index (χ1v) is 4.29. The van der Waals surface area contributed by atoms with Crippen LogP contribution in [0.3, 0.4) is 0 Å². The van der Waals surface area contributed by atoms with Crippen molar-refractivity contribution >= 4 is 11.6 Å². The summed E-state index contributed by atoms with van der Waals surface area (Å²) >= 11 is 0. The molecule has 0 aliphatic rings. The topological polar surface area (TPSA) is 73.6 Å². The van der Waals surface area contributed by atoms with Crippen LogP contribution in [0.25, 0.3) is 0 Å². The predicted molar refractivity (Wildman–Crippen MR) is 57.9 cm³/mol. The number of hydrogen-bond acceptors (Lipinski definition) is 2. The molecule has 1 aromatic carbocycles. The molecule has 0 heterocycles. The lowest BCUT2D eigenvalue weighted by Gasteiger charge is -2.08. The lowest BCUT2D eigenvalue weighted by Crippen LogP contribution is -2.22. The van der Waals surface area contributed by atoms with Crippen LogP contribution >= 0.6 is 0 Å². The van der Waals surface area contributed by atoms with E-state index in [4.69, 9.17) is 16.2 Å². The smallest absolute Gasteiger partial charge is 0.191 e. The summed E-state index contributed by atoms with van der Waals surface area (Å²) in [6.07, 6.45) is 0. The number of aliphatic imine (C=N–C) groups is 1. The van der Waals surface area contributed by atoms with Crippen LogP contribution in [-0.2, 0) is 0 Å². The van der Waals surface area contributed by atoms with Crippen LogP contribution in [0.2, 0.25) is 0 Å². The summed E-state index contributed by atoms with van der Waals surface area (Å²) in [6, 6.07) is 3.81. The molecule has 0 aromatic heterocycles. The van der Waals surface area contributed by atoms with E-state index in [0.29, 0.717) is 0 Å². The highest BCUT2D eigenvalue weighted by Gasteiger charge is 2.03. The molecule has 0 saturated heterocycles. The molecule has 1 rings (SSSR count). The van der Waals surface area contributed by atoms with Crippen molar-refractivity contribution in [2.75, 3.05) is 7.11 Å². The van der Waals surface area contributed by atoms with Crippen LogP contribution in [0, 0.1) is 13.8 Å². The maximum atomic E-state index is 5.31. The Labute approximate surface area is 83.6 Å². The van der Waals surface area contributed by atoms with Gasteiger partial charge in [-0.15, -0.1) is 0 Å². The molecule has 0 radical (unpaired) electrons. The Hall–Kier alpha value is -1.71. The van der Waals surface area contributed by atoms with Crippen molar-refractivity contribution in [2.24, 2.45) is 16.5 Å². The number of nitrogens with zero attached hydrogens (tertiary/aromatic N) is 1. The molecular formula is C10H15N3O. The van der Waals surface area contributed by atoms with E-state index in [1.165, 1.54) is 0 Å². The zero-order chi connectivity index (χ0) is 10.7. The summed E-state index contributed by atoms with van der Waals surface area (Å²) in [6.45, 7) is 3.88. The first-order valence-electron chi connectivity index (χ1n) is 4.29. The predicted octanol–water partition coefficient (Wildman–Crippen LogP) is 1.22. The molecule has 0 saturated carbocycles. The Kier molecular flexibility index (Phi) is 2.96. The van der Waals surface area contributed by atoms with Gasteiger partial charge in [0.25, 0.3) is 0 Å². The zero-order valence-corrected chi connectivity index (χ0v) is 8.66. The molecule has 0 spiro atoms. The zero-order valence-electron chi connectivity index (χ0n) is 8.66. The van der Waals surface area contributed by atoms with Crippen LogP contribution in [-0.4, -0.2) is 13.1 Å². The summed E-state index contributed by atoms with van der Waals surface area (Å²) in [5.41, 5.74) is 13.4. The second kappa shape index (κ2) is 4.00. The monoisotopic (exact) mass is 193 g/mol. The van der Waals surface area contributed by atoms with E-state index in [2.05, 4.69) is 4.99 Å². The molecule has 1 aromatic rings. The van der Waals surface area contributed by atoms with Gasteiger partial charge in [-0.3, -0.25) is 0 Å². The lowest BCUT2D eigenvalue weighted by molar-refractivity contribution is 0.411. The summed E-state index contributed by atoms with van der Waals surface area (Å²) in [5, 5.41) is 0. The molecule has 0 aliphatic heterocycles. The molecule has 0 atom stereocenters. The number of rotatable bonds is 2. The SMILES string of the molecule is COc1cc(C)c(N=C(N)N)cc1C. The fourth-order valence-electron chi connectivity index (χ4n) is 1.25. The Balaban J connectivity index is 3.22. The number of benzene rings is 1. The fourth-order valence-corrected chi connectivity index (χ4v) is 1.25. The normalized spacial score (nSPS) is 9.64. The van der Waals surface area contributed by atoms with Gasteiger partial charge in [0.1, 0.15) is 5.75 Å². The molecular weight excluding hydrogens is 178 g/mol. The maximum absolute atomic E-state index is 5.31. The summed E-state index contributed by atoms with van der Waals surface area (Å²) < 4.78 is 5.17. The van der Waals surface area contributed by atoms with E-state index >= 15 is 0 Å². The van der Waals surface area contributed by atoms with Crippen molar-refractivity contribution in [3.8, 4) is 5.75 Å². The van der Waals surface area contributed by atoms with Gasteiger partial charge in [-0.25, -0.2) is 4.99 Å². The van der Waals surface area contributed by atoms with Crippen LogP contribution in [0.1, 0.15) is 11.1 Å². The Morgan fingerprint density at radius 3 is 2.36 bits per heavy atom. The summed E-state index contributed by atoms with van der Waals surface area (Å²) in [5.74, 6) is 0.912. The van der Waals surface area contributed by atoms with Gasteiger partial charge in [0.05, 0.1) is 12.8 Å². The standard InChI is InChI=1S/C10H15N3O/c1-6-5-9(14-3)7(2)4-8(6)13-10(11)12/h4-5H,1-3H3,(H4,11,12,13). The quantitative estimate of drug-likeness (QED) is 0.547. The average Bonchev–Trinajstić information content (AvgIpc) is 2.10. The largest absolute Gasteiger partial charge is 0.496 e. The Bertz CT molecular complexity index is 368. The third-order valence-corrected chi connectivity index (χ3v) is 1.96. The second-order valence-electron chi connectivity index (χ2n) is 3.14. The van der Waals surface area contributed by atoms with Crippen molar-refractivity contribution in [1.82, 2.24) is 0 Å². The molecule has 76 valence electrons. The van der Waals surface area contributed by atoms with E-state index in [1.807, 2.05) is 26.0 Å². The van der Waals surface area contributed by atoms with Crippen molar-refractivity contribution in [3.05, 3.63) is 23.3 Å². The third-order valence-electron chi connectivity index (χ3n) is 1.96. The Morgan fingerprint density at radius 2 is 1.86 bits per heavy atom. The minimum absolute atomic E-state index is 0.0673. The Morgan fingerprint density at radius 1 is 1.21 bits per heavy atom.